The summed E-state index contributed by atoms with van der Waals surface area (Å²) in [7, 11) is 0. The summed E-state index contributed by atoms with van der Waals surface area (Å²) in [5.74, 6) is 0.580. The van der Waals surface area contributed by atoms with Gasteiger partial charge in [0, 0.05) is 25.6 Å². The van der Waals surface area contributed by atoms with E-state index in [1.54, 1.807) is 0 Å². The molecule has 0 amide bonds. The molecule has 2 atom stereocenters. The first-order valence-corrected chi connectivity index (χ1v) is 9.59. The van der Waals surface area contributed by atoms with Crippen LogP contribution in [0.2, 0.25) is 5.02 Å². The molecule has 4 rings (SSSR count). The van der Waals surface area contributed by atoms with E-state index in [1.165, 1.54) is 29.7 Å². The van der Waals surface area contributed by atoms with Crippen molar-refractivity contribution in [1.82, 2.24) is 4.90 Å². The molecule has 25 heavy (non-hydrogen) atoms. The van der Waals surface area contributed by atoms with Gasteiger partial charge in [-0.3, -0.25) is 4.90 Å². The molecule has 1 saturated heterocycles. The largest absolute Gasteiger partial charge is 0.298 e. The molecule has 1 aliphatic carbocycles. The molecule has 0 unspecified atom stereocenters. The molecular weight excluding hydrogens is 326 g/mol. The zero-order chi connectivity index (χ0) is 17.6. The molecule has 2 aliphatic rings. The van der Waals surface area contributed by atoms with Gasteiger partial charge in [-0.2, -0.15) is 0 Å². The summed E-state index contributed by atoms with van der Waals surface area (Å²) in [5.41, 5.74) is 6.77. The monoisotopic (exact) mass is 351 g/mol. The van der Waals surface area contributed by atoms with Gasteiger partial charge in [0.2, 0.25) is 0 Å². The van der Waals surface area contributed by atoms with Crippen LogP contribution in [-0.4, -0.2) is 18.0 Å². The lowest BCUT2D eigenvalue weighted by Crippen LogP contribution is -2.31. The minimum absolute atomic E-state index is 0.357. The highest BCUT2D eigenvalue weighted by molar-refractivity contribution is 6.33. The zero-order valence-corrected chi connectivity index (χ0v) is 15.9. The predicted molar refractivity (Wildman–Crippen MR) is 107 cm³/mol. The molecule has 2 heteroatoms. The Morgan fingerprint density at radius 3 is 2.72 bits per heavy atom. The first kappa shape index (κ1) is 16.9. The SMILES string of the molecule is C=C(C)c1ccc2c(c1Cl)CC[C@@]1(C)CN(Cc3ccccc3)C[C@@H]21. The van der Waals surface area contributed by atoms with Crippen LogP contribution in [0.5, 0.6) is 0 Å². The highest BCUT2D eigenvalue weighted by Crippen LogP contribution is 2.52. The standard InChI is InChI=1S/C23H26ClN/c1-16(2)18-9-10-19-20(22(18)24)11-12-23(3)15-25(14-21(19)23)13-17-7-5-4-6-8-17/h4-10,21H,1,11-15H2,2-3H3/t21-,23-/m0/s1. The van der Waals surface area contributed by atoms with E-state index in [2.05, 4.69) is 60.9 Å². The van der Waals surface area contributed by atoms with Crippen LogP contribution in [0.25, 0.3) is 5.57 Å². The third-order valence-corrected chi connectivity index (χ3v) is 6.61. The molecule has 0 saturated carbocycles. The van der Waals surface area contributed by atoms with Crippen LogP contribution in [-0.2, 0) is 13.0 Å². The van der Waals surface area contributed by atoms with Crippen LogP contribution in [0.4, 0.5) is 0 Å². The third-order valence-electron chi connectivity index (χ3n) is 6.18. The van der Waals surface area contributed by atoms with Crippen molar-refractivity contribution in [1.29, 1.82) is 0 Å². The summed E-state index contributed by atoms with van der Waals surface area (Å²) in [6.45, 7) is 11.9. The van der Waals surface area contributed by atoms with E-state index in [4.69, 9.17) is 11.6 Å². The van der Waals surface area contributed by atoms with Gasteiger partial charge in [-0.25, -0.2) is 0 Å². The lowest BCUT2D eigenvalue weighted by atomic mass is 9.67. The predicted octanol–water partition coefficient (Wildman–Crippen LogP) is 5.93. The van der Waals surface area contributed by atoms with E-state index in [1.807, 2.05) is 6.92 Å². The van der Waals surface area contributed by atoms with Crippen LogP contribution in [0.3, 0.4) is 0 Å². The minimum atomic E-state index is 0.357. The number of likely N-dealkylation sites (tertiary alicyclic amines) is 1. The second kappa shape index (κ2) is 6.30. The maximum Gasteiger partial charge on any atom is 0.0515 e. The molecule has 1 fully saturated rings. The van der Waals surface area contributed by atoms with Gasteiger partial charge in [0.25, 0.3) is 0 Å². The lowest BCUT2D eigenvalue weighted by Gasteiger charge is -2.37. The van der Waals surface area contributed by atoms with Gasteiger partial charge in [0.05, 0.1) is 5.02 Å². The smallest absolute Gasteiger partial charge is 0.0515 e. The molecule has 0 aromatic heterocycles. The van der Waals surface area contributed by atoms with Crippen LogP contribution < -0.4 is 0 Å². The highest BCUT2D eigenvalue weighted by Gasteiger charge is 2.46. The second-order valence-electron chi connectivity index (χ2n) is 8.14. The number of allylic oxidation sites excluding steroid dienone is 1. The van der Waals surface area contributed by atoms with Gasteiger partial charge < -0.3 is 0 Å². The normalized spacial score (nSPS) is 25.5. The van der Waals surface area contributed by atoms with E-state index in [-0.39, 0.29) is 0 Å². The first-order chi connectivity index (χ1) is 12.0. The van der Waals surface area contributed by atoms with E-state index >= 15 is 0 Å². The van der Waals surface area contributed by atoms with Crippen molar-refractivity contribution in [3.63, 3.8) is 0 Å². The van der Waals surface area contributed by atoms with Gasteiger partial charge >= 0.3 is 0 Å². The summed E-state index contributed by atoms with van der Waals surface area (Å²) in [4.78, 5) is 2.62. The maximum absolute atomic E-state index is 6.75. The summed E-state index contributed by atoms with van der Waals surface area (Å²) < 4.78 is 0. The molecule has 2 aromatic carbocycles. The molecule has 2 aromatic rings. The van der Waals surface area contributed by atoms with Crippen molar-refractivity contribution in [2.45, 2.75) is 39.2 Å². The van der Waals surface area contributed by atoms with Crippen molar-refractivity contribution in [2.75, 3.05) is 13.1 Å². The Balaban J connectivity index is 1.64. The average molecular weight is 352 g/mol. The van der Waals surface area contributed by atoms with Crippen molar-refractivity contribution >= 4 is 17.2 Å². The minimum Gasteiger partial charge on any atom is -0.298 e. The van der Waals surface area contributed by atoms with Crippen LogP contribution in [0.15, 0.2) is 49.0 Å². The first-order valence-electron chi connectivity index (χ1n) is 9.21. The summed E-state index contributed by atoms with van der Waals surface area (Å²) >= 11 is 6.75. The molecular formula is C23H26ClN. The van der Waals surface area contributed by atoms with Crippen LogP contribution >= 0.6 is 11.6 Å². The Hall–Kier alpha value is -1.57. The number of benzene rings is 2. The molecule has 0 spiro atoms. The molecule has 1 aliphatic heterocycles. The van der Waals surface area contributed by atoms with Gasteiger partial charge in [0.15, 0.2) is 0 Å². The Morgan fingerprint density at radius 1 is 1.24 bits per heavy atom. The third kappa shape index (κ3) is 2.94. The number of halogens is 1. The fourth-order valence-corrected chi connectivity index (χ4v) is 5.24. The van der Waals surface area contributed by atoms with Crippen LogP contribution in [0.1, 0.15) is 48.4 Å². The molecule has 130 valence electrons. The Bertz CT molecular complexity index is 810. The Morgan fingerprint density at radius 2 is 2.00 bits per heavy atom. The summed E-state index contributed by atoms with van der Waals surface area (Å²) in [6.07, 6.45) is 2.30. The highest BCUT2D eigenvalue weighted by atomic mass is 35.5. The lowest BCUT2D eigenvalue weighted by molar-refractivity contribution is 0.240. The Labute approximate surface area is 156 Å². The summed E-state index contributed by atoms with van der Waals surface area (Å²) in [6, 6.07) is 15.3. The summed E-state index contributed by atoms with van der Waals surface area (Å²) in [5, 5.41) is 0.938. The maximum atomic E-state index is 6.75. The number of fused-ring (bicyclic) bond motifs is 3. The average Bonchev–Trinajstić information content (AvgIpc) is 2.92. The second-order valence-corrected chi connectivity index (χ2v) is 8.52. The van der Waals surface area contributed by atoms with E-state index in [9.17, 15) is 0 Å². The topological polar surface area (TPSA) is 3.24 Å². The van der Waals surface area contributed by atoms with Crippen molar-refractivity contribution in [3.8, 4) is 0 Å². The van der Waals surface area contributed by atoms with Gasteiger partial charge in [-0.05, 0) is 53.0 Å². The van der Waals surface area contributed by atoms with Gasteiger partial charge in [-0.1, -0.05) is 67.6 Å². The zero-order valence-electron chi connectivity index (χ0n) is 15.2. The van der Waals surface area contributed by atoms with Crippen molar-refractivity contribution in [2.24, 2.45) is 5.41 Å². The number of hydrogen-bond donors (Lipinski definition) is 0. The Kier molecular flexibility index (Phi) is 4.25. The fourth-order valence-electron chi connectivity index (χ4n) is 4.81. The molecule has 1 nitrogen and oxygen atoms in total. The van der Waals surface area contributed by atoms with Crippen LogP contribution in [0, 0.1) is 5.41 Å². The number of rotatable bonds is 3. The van der Waals surface area contributed by atoms with E-state index < -0.39 is 0 Å². The quantitative estimate of drug-likeness (QED) is 0.662. The number of hydrogen-bond acceptors (Lipinski definition) is 1. The molecule has 0 N–H and O–H groups in total. The van der Waals surface area contributed by atoms with Gasteiger partial charge in [0.1, 0.15) is 0 Å². The van der Waals surface area contributed by atoms with Crippen molar-refractivity contribution < 1.29 is 0 Å². The molecule has 0 bridgehead atoms. The fraction of sp³-hybridized carbons (Fsp3) is 0.391. The number of nitrogens with zero attached hydrogens (tertiary/aromatic N) is 1. The molecule has 0 radical (unpaired) electrons. The van der Waals surface area contributed by atoms with E-state index in [0.717, 1.165) is 35.7 Å². The van der Waals surface area contributed by atoms with E-state index in [0.29, 0.717) is 11.3 Å². The van der Waals surface area contributed by atoms with Crippen molar-refractivity contribution in [3.05, 3.63) is 76.3 Å². The van der Waals surface area contributed by atoms with Gasteiger partial charge in [-0.15, -0.1) is 0 Å². The molecule has 1 heterocycles.